The zero-order chi connectivity index (χ0) is 13.7. The van der Waals surface area contributed by atoms with Crippen LogP contribution in [0.2, 0.25) is 0 Å². The van der Waals surface area contributed by atoms with Gasteiger partial charge in [-0.25, -0.2) is 0 Å². The van der Waals surface area contributed by atoms with Crippen molar-refractivity contribution >= 4 is 21.5 Å². The van der Waals surface area contributed by atoms with Gasteiger partial charge in [0.1, 0.15) is 10.7 Å². The summed E-state index contributed by atoms with van der Waals surface area (Å²) in [6.45, 7) is 0.668. The molecule has 2 aromatic rings. The van der Waals surface area contributed by atoms with Crippen LogP contribution in [0.4, 0.5) is 5.69 Å². The molecule has 0 saturated carbocycles. The van der Waals surface area contributed by atoms with Crippen LogP contribution in [0.1, 0.15) is 11.1 Å². The number of para-hydroxylation sites is 1. The molecule has 2 aliphatic heterocycles. The highest BCUT2D eigenvalue weighted by molar-refractivity contribution is 7.90. The predicted octanol–water partition coefficient (Wildman–Crippen LogP) is 2.35. The number of fused-ring (bicyclic) bond motifs is 4. The van der Waals surface area contributed by atoms with E-state index in [0.717, 1.165) is 11.3 Å². The maximum absolute atomic E-state index is 12.2. The average molecular weight is 284 g/mol. The molecule has 5 heteroatoms. The van der Waals surface area contributed by atoms with Gasteiger partial charge in [-0.15, -0.1) is 4.40 Å². The molecule has 4 rings (SSSR count). The highest BCUT2D eigenvalue weighted by atomic mass is 32.2. The number of rotatable bonds is 0. The molecule has 4 nitrogen and oxygen atoms in total. The highest BCUT2D eigenvalue weighted by Crippen LogP contribution is 2.35. The zero-order valence-corrected chi connectivity index (χ0v) is 11.5. The Morgan fingerprint density at radius 2 is 1.65 bits per heavy atom. The molecule has 0 saturated heterocycles. The van der Waals surface area contributed by atoms with E-state index in [9.17, 15) is 8.42 Å². The van der Waals surface area contributed by atoms with Crippen LogP contribution in [0.15, 0.2) is 57.8 Å². The van der Waals surface area contributed by atoms with E-state index in [1.807, 2.05) is 35.2 Å². The molecule has 0 bridgehead atoms. The van der Waals surface area contributed by atoms with Gasteiger partial charge in [-0.3, -0.25) is 0 Å². The largest absolute Gasteiger partial charge is 0.323 e. The van der Waals surface area contributed by atoms with Crippen molar-refractivity contribution in [3.8, 4) is 0 Å². The van der Waals surface area contributed by atoms with Crippen LogP contribution in [0.3, 0.4) is 0 Å². The molecule has 0 amide bonds. The molecular weight excluding hydrogens is 272 g/mol. The van der Waals surface area contributed by atoms with Crippen molar-refractivity contribution in [2.75, 3.05) is 4.90 Å². The van der Waals surface area contributed by atoms with E-state index in [-0.39, 0.29) is 0 Å². The first-order valence-electron chi connectivity index (χ1n) is 6.42. The first-order chi connectivity index (χ1) is 9.65. The third-order valence-electron chi connectivity index (χ3n) is 3.77. The number of amidine groups is 1. The summed E-state index contributed by atoms with van der Waals surface area (Å²) in [4.78, 5) is 2.29. The van der Waals surface area contributed by atoms with Gasteiger partial charge in [0.15, 0.2) is 0 Å². The molecule has 0 atom stereocenters. The Morgan fingerprint density at radius 1 is 0.950 bits per heavy atom. The third kappa shape index (κ3) is 1.59. The van der Waals surface area contributed by atoms with Crippen LogP contribution in [0, 0.1) is 0 Å². The molecule has 0 fully saturated rings. The van der Waals surface area contributed by atoms with Gasteiger partial charge < -0.3 is 4.90 Å². The van der Waals surface area contributed by atoms with E-state index in [1.54, 1.807) is 12.1 Å². The van der Waals surface area contributed by atoms with Gasteiger partial charge in [-0.05, 0) is 23.3 Å². The van der Waals surface area contributed by atoms with Gasteiger partial charge in [0.05, 0.1) is 5.69 Å². The Hall–Kier alpha value is -2.14. The molecule has 20 heavy (non-hydrogen) atoms. The fourth-order valence-electron chi connectivity index (χ4n) is 2.80. The minimum absolute atomic E-state index is 0.295. The molecule has 0 spiro atoms. The van der Waals surface area contributed by atoms with Gasteiger partial charge in [0.25, 0.3) is 10.0 Å². The van der Waals surface area contributed by atoms with E-state index >= 15 is 0 Å². The molecular formula is C15H12N2O2S. The van der Waals surface area contributed by atoms with Crippen molar-refractivity contribution in [1.29, 1.82) is 0 Å². The van der Waals surface area contributed by atoms with Crippen molar-refractivity contribution in [1.82, 2.24) is 0 Å². The maximum Gasteiger partial charge on any atom is 0.286 e. The number of benzene rings is 2. The summed E-state index contributed by atoms with van der Waals surface area (Å²) in [5.41, 5.74) is 3.10. The lowest BCUT2D eigenvalue weighted by atomic mass is 9.98. The van der Waals surface area contributed by atoms with Crippen molar-refractivity contribution in [3.63, 3.8) is 0 Å². The first kappa shape index (κ1) is 11.7. The Balaban J connectivity index is 1.94. The minimum atomic E-state index is -3.57. The lowest BCUT2D eigenvalue weighted by Gasteiger charge is -2.35. The summed E-state index contributed by atoms with van der Waals surface area (Å²) < 4.78 is 28.4. The Labute approximate surface area is 117 Å². The smallest absolute Gasteiger partial charge is 0.286 e. The number of nitrogens with zero attached hydrogens (tertiary/aromatic N) is 2. The number of anilines is 1. The highest BCUT2D eigenvalue weighted by Gasteiger charge is 2.33. The summed E-state index contributed by atoms with van der Waals surface area (Å²) >= 11 is 0. The monoisotopic (exact) mass is 284 g/mol. The summed E-state index contributed by atoms with van der Waals surface area (Å²) in [5.74, 6) is 0.613. The van der Waals surface area contributed by atoms with Crippen molar-refractivity contribution in [2.45, 2.75) is 17.9 Å². The second-order valence-corrected chi connectivity index (χ2v) is 6.55. The number of hydrogen-bond donors (Lipinski definition) is 0. The molecule has 2 aromatic carbocycles. The van der Waals surface area contributed by atoms with Crippen LogP contribution in [0.5, 0.6) is 0 Å². The topological polar surface area (TPSA) is 49.7 Å². The summed E-state index contributed by atoms with van der Waals surface area (Å²) in [6, 6.07) is 15.1. The predicted molar refractivity (Wildman–Crippen MR) is 77.4 cm³/mol. The molecule has 2 heterocycles. The van der Waals surface area contributed by atoms with E-state index in [0.29, 0.717) is 23.7 Å². The molecule has 0 radical (unpaired) electrons. The van der Waals surface area contributed by atoms with Crippen molar-refractivity contribution < 1.29 is 8.42 Å². The lowest BCUT2D eigenvalue weighted by Crippen LogP contribution is -2.40. The standard InChI is InChI=1S/C15H12N2O2S/c18-20(19)14-8-4-3-7-13(14)17-10-12-6-2-1-5-11(12)9-15(17)16-20/h1-8H,9-10H2. The quantitative estimate of drug-likeness (QED) is 0.746. The second-order valence-electron chi connectivity index (χ2n) is 4.98. The van der Waals surface area contributed by atoms with Gasteiger partial charge in [-0.1, -0.05) is 36.4 Å². The van der Waals surface area contributed by atoms with Crippen LogP contribution >= 0.6 is 0 Å². The molecule has 0 aliphatic carbocycles. The Morgan fingerprint density at radius 3 is 2.50 bits per heavy atom. The van der Waals surface area contributed by atoms with Crippen LogP contribution < -0.4 is 4.90 Å². The van der Waals surface area contributed by atoms with Gasteiger partial charge in [0, 0.05) is 13.0 Å². The fraction of sp³-hybridized carbons (Fsp3) is 0.133. The van der Waals surface area contributed by atoms with E-state index in [4.69, 9.17) is 0 Å². The normalized spacial score (nSPS) is 18.6. The van der Waals surface area contributed by atoms with Crippen LogP contribution in [-0.4, -0.2) is 14.3 Å². The average Bonchev–Trinajstić information content (AvgIpc) is 2.45. The first-order valence-corrected chi connectivity index (χ1v) is 7.86. The van der Waals surface area contributed by atoms with Gasteiger partial charge >= 0.3 is 0 Å². The van der Waals surface area contributed by atoms with E-state index < -0.39 is 10.0 Å². The maximum atomic E-state index is 12.2. The van der Waals surface area contributed by atoms with Crippen molar-refractivity contribution in [2.24, 2.45) is 4.40 Å². The number of sulfonamides is 1. The molecule has 100 valence electrons. The summed E-state index contributed by atoms with van der Waals surface area (Å²) in [7, 11) is -3.57. The van der Waals surface area contributed by atoms with Crippen LogP contribution in [-0.2, 0) is 23.0 Å². The summed E-state index contributed by atoms with van der Waals surface area (Å²) in [6.07, 6.45) is 0.559. The zero-order valence-electron chi connectivity index (χ0n) is 10.7. The SMILES string of the molecule is O=S1(=O)N=C2Cc3ccccc3CN2c2ccccc21. The molecule has 0 N–H and O–H groups in total. The fourth-order valence-corrected chi connectivity index (χ4v) is 4.04. The Bertz CT molecular complexity index is 840. The van der Waals surface area contributed by atoms with Crippen molar-refractivity contribution in [3.05, 3.63) is 59.7 Å². The lowest BCUT2D eigenvalue weighted by molar-refractivity contribution is 0.596. The molecule has 0 aromatic heterocycles. The van der Waals surface area contributed by atoms with Gasteiger partial charge in [-0.2, -0.15) is 8.42 Å². The number of hydrogen-bond acceptors (Lipinski definition) is 3. The summed E-state index contributed by atoms with van der Waals surface area (Å²) in [5, 5.41) is 0. The van der Waals surface area contributed by atoms with E-state index in [1.165, 1.54) is 5.56 Å². The molecule has 0 unspecified atom stereocenters. The molecule has 2 aliphatic rings. The minimum Gasteiger partial charge on any atom is -0.323 e. The Kier molecular flexibility index (Phi) is 2.29. The van der Waals surface area contributed by atoms with Gasteiger partial charge in [0.2, 0.25) is 0 Å². The van der Waals surface area contributed by atoms with Crippen LogP contribution in [0.25, 0.3) is 0 Å². The second kappa shape index (κ2) is 3.93. The van der Waals surface area contributed by atoms with E-state index in [2.05, 4.69) is 10.5 Å². The third-order valence-corrected chi connectivity index (χ3v) is 5.12.